The topological polar surface area (TPSA) is 17.8 Å². The van der Waals surface area contributed by atoms with Gasteiger partial charge in [-0.05, 0) is 148 Å². The van der Waals surface area contributed by atoms with Crippen LogP contribution in [0.3, 0.4) is 0 Å². The van der Waals surface area contributed by atoms with Gasteiger partial charge in [-0.3, -0.25) is 4.57 Å². The van der Waals surface area contributed by atoms with Gasteiger partial charge in [0.2, 0.25) is 0 Å². The van der Waals surface area contributed by atoms with Crippen molar-refractivity contribution in [1.82, 2.24) is 9.55 Å². The Hall–Kier alpha value is -8.07. The number of hydrogen-bond donors (Lipinski definition) is 0. The second-order valence-corrected chi connectivity index (χ2v) is 16.9. The molecule has 0 saturated carbocycles. The van der Waals surface area contributed by atoms with Crippen molar-refractivity contribution in [3.8, 4) is 44.5 Å². The first kappa shape index (κ1) is 35.7. The molecule has 0 unspecified atom stereocenters. The molecule has 0 bridgehead atoms. The molecule has 0 saturated heterocycles. The molecule has 2 nitrogen and oxygen atoms in total. The Morgan fingerprint density at radius 3 is 1.57 bits per heavy atom. The highest BCUT2D eigenvalue weighted by atomic mass is 15.0. The molecule has 0 fully saturated rings. The molecule has 2 heteroatoms. The minimum absolute atomic E-state index is 1.00. The van der Waals surface area contributed by atoms with Gasteiger partial charge in [0.15, 0.2) is 0 Å². The van der Waals surface area contributed by atoms with Gasteiger partial charge in [0.1, 0.15) is 5.65 Å². The molecule has 0 atom stereocenters. The maximum atomic E-state index is 4.87. The fourth-order valence-electron chi connectivity index (χ4n) is 10.7. The Balaban J connectivity index is 0.940. The van der Waals surface area contributed by atoms with E-state index in [0.29, 0.717) is 0 Å². The molecule has 2 heterocycles. The summed E-state index contributed by atoms with van der Waals surface area (Å²) in [5.74, 6) is 0. The number of aromatic nitrogens is 2. The second kappa shape index (κ2) is 14.3. The van der Waals surface area contributed by atoms with E-state index in [2.05, 4.69) is 211 Å². The molecule has 63 heavy (non-hydrogen) atoms. The lowest BCUT2D eigenvalue weighted by molar-refractivity contribution is 1.02. The number of hydrogen-bond acceptors (Lipinski definition) is 1. The summed E-state index contributed by atoms with van der Waals surface area (Å²) in [4.78, 5) is 4.87. The maximum absolute atomic E-state index is 4.87. The lowest BCUT2D eigenvalue weighted by Crippen LogP contribution is -1.98. The van der Waals surface area contributed by atoms with Crippen LogP contribution < -0.4 is 0 Å². The monoisotopic (exact) mass is 800 g/mol. The van der Waals surface area contributed by atoms with E-state index in [1.54, 1.807) is 0 Å². The first-order valence-electron chi connectivity index (χ1n) is 22.0. The molecule has 1 aliphatic rings. The zero-order valence-corrected chi connectivity index (χ0v) is 34.6. The zero-order chi connectivity index (χ0) is 41.4. The Morgan fingerprint density at radius 2 is 0.905 bits per heavy atom. The Morgan fingerprint density at radius 1 is 0.365 bits per heavy atom. The highest BCUT2D eigenvalue weighted by Crippen LogP contribution is 2.47. The van der Waals surface area contributed by atoms with Gasteiger partial charge in [-0.25, -0.2) is 4.98 Å². The molecular weight excluding hydrogens is 761 g/mol. The average molecular weight is 801 g/mol. The number of pyridine rings is 1. The molecular formula is C61H40N2. The Bertz CT molecular complexity index is 3840. The van der Waals surface area contributed by atoms with Gasteiger partial charge in [0.05, 0.1) is 5.52 Å². The third-order valence-corrected chi connectivity index (χ3v) is 13.4. The van der Waals surface area contributed by atoms with Crippen molar-refractivity contribution in [3.63, 3.8) is 0 Å². The van der Waals surface area contributed by atoms with Crippen LogP contribution in [-0.2, 0) is 0 Å². The third-order valence-electron chi connectivity index (χ3n) is 13.4. The number of rotatable bonds is 5. The summed E-state index contributed by atoms with van der Waals surface area (Å²) in [6.07, 6.45) is 10.9. The summed E-state index contributed by atoms with van der Waals surface area (Å²) < 4.78 is 2.32. The van der Waals surface area contributed by atoms with Gasteiger partial charge in [0.25, 0.3) is 0 Å². The lowest BCUT2D eigenvalue weighted by atomic mass is 9.83. The summed E-state index contributed by atoms with van der Waals surface area (Å²) in [7, 11) is 0. The van der Waals surface area contributed by atoms with Gasteiger partial charge >= 0.3 is 0 Å². The molecule has 13 rings (SSSR count). The van der Waals surface area contributed by atoms with Crippen LogP contribution in [0, 0.1) is 0 Å². The SMILES string of the molecule is C1=CC(n2c3ccc(-c4ccc(-c5ccc(-c6c7ccccc7c(-c7cc8ccccc8c8ccccc78)c7ccccc67)cc5)c5ccccc45)cc3c3cccnc32)=CCC1. The van der Waals surface area contributed by atoms with Crippen molar-refractivity contribution < 1.29 is 0 Å². The third kappa shape index (κ3) is 5.55. The molecule has 10 aromatic carbocycles. The molecule has 0 N–H and O–H groups in total. The largest absolute Gasteiger partial charge is 0.294 e. The van der Waals surface area contributed by atoms with E-state index in [0.717, 1.165) is 18.5 Å². The fourth-order valence-corrected chi connectivity index (χ4v) is 10.7. The van der Waals surface area contributed by atoms with Crippen LogP contribution in [0.25, 0.3) is 126 Å². The fraction of sp³-hybridized carbons (Fsp3) is 0.0328. The molecule has 0 radical (unpaired) electrons. The van der Waals surface area contributed by atoms with Crippen LogP contribution in [-0.4, -0.2) is 9.55 Å². The quantitative estimate of drug-likeness (QED) is 0.125. The Labute approximate surface area is 365 Å². The van der Waals surface area contributed by atoms with Crippen LogP contribution in [0.4, 0.5) is 0 Å². The predicted molar refractivity (Wildman–Crippen MR) is 269 cm³/mol. The summed E-state index contributed by atoms with van der Waals surface area (Å²) in [6.45, 7) is 0. The van der Waals surface area contributed by atoms with Crippen molar-refractivity contribution in [3.05, 3.63) is 219 Å². The van der Waals surface area contributed by atoms with E-state index in [1.165, 1.54) is 120 Å². The minimum atomic E-state index is 1.00. The lowest BCUT2D eigenvalue weighted by Gasteiger charge is -2.20. The van der Waals surface area contributed by atoms with Gasteiger partial charge in [0, 0.05) is 22.7 Å². The van der Waals surface area contributed by atoms with E-state index < -0.39 is 0 Å². The van der Waals surface area contributed by atoms with Gasteiger partial charge < -0.3 is 0 Å². The van der Waals surface area contributed by atoms with E-state index >= 15 is 0 Å². The summed E-state index contributed by atoms with van der Waals surface area (Å²) in [5, 5.41) is 15.0. The first-order chi connectivity index (χ1) is 31.3. The molecule has 0 amide bonds. The summed E-state index contributed by atoms with van der Waals surface area (Å²) in [5.41, 5.74) is 13.3. The van der Waals surface area contributed by atoms with E-state index in [-0.39, 0.29) is 0 Å². The van der Waals surface area contributed by atoms with Crippen LogP contribution in [0.1, 0.15) is 12.8 Å². The van der Waals surface area contributed by atoms with Crippen LogP contribution in [0.5, 0.6) is 0 Å². The molecule has 0 spiro atoms. The first-order valence-corrected chi connectivity index (χ1v) is 22.0. The van der Waals surface area contributed by atoms with Crippen molar-refractivity contribution in [2.75, 3.05) is 0 Å². The standard InChI is InChI=1S/C61H40N2/c1-2-16-43(17-3-1)63-58-35-32-42(37-56(58)55-27-14-36-62-61(55)63)46-34-33-45(48-20-6-7-21-49(46)48)39-28-30-40(31-29-39)59-51-23-10-12-25-53(51)60(54-26-13-11-24-52(54)59)57-38-41-15-4-5-18-44(41)47-19-8-9-22-50(47)57/h2,4-38H,1,3H2. The van der Waals surface area contributed by atoms with Crippen molar-refractivity contribution in [2.24, 2.45) is 0 Å². The number of allylic oxidation sites excluding steroid dienone is 4. The highest BCUT2D eigenvalue weighted by molar-refractivity contribution is 6.26. The van der Waals surface area contributed by atoms with Crippen LogP contribution in [0.2, 0.25) is 0 Å². The minimum Gasteiger partial charge on any atom is -0.294 e. The van der Waals surface area contributed by atoms with Gasteiger partial charge in [-0.15, -0.1) is 0 Å². The van der Waals surface area contributed by atoms with Crippen molar-refractivity contribution >= 4 is 81.5 Å². The van der Waals surface area contributed by atoms with E-state index in [9.17, 15) is 0 Å². The summed E-state index contributed by atoms with van der Waals surface area (Å²) in [6, 6.07) is 72.0. The van der Waals surface area contributed by atoms with Crippen molar-refractivity contribution in [2.45, 2.75) is 12.8 Å². The second-order valence-electron chi connectivity index (χ2n) is 16.9. The number of benzene rings is 10. The van der Waals surface area contributed by atoms with Gasteiger partial charge in [-0.1, -0.05) is 176 Å². The zero-order valence-electron chi connectivity index (χ0n) is 34.6. The molecule has 1 aliphatic carbocycles. The molecule has 12 aromatic rings. The smallest absolute Gasteiger partial charge is 0.145 e. The highest BCUT2D eigenvalue weighted by Gasteiger charge is 2.20. The number of nitrogens with zero attached hydrogens (tertiary/aromatic N) is 2. The predicted octanol–water partition coefficient (Wildman–Crippen LogP) is 16.8. The van der Waals surface area contributed by atoms with Crippen molar-refractivity contribution in [1.29, 1.82) is 0 Å². The number of fused-ring (bicyclic) bond motifs is 9. The van der Waals surface area contributed by atoms with Crippen LogP contribution >= 0.6 is 0 Å². The van der Waals surface area contributed by atoms with Crippen LogP contribution in [0.15, 0.2) is 219 Å². The Kier molecular flexibility index (Phi) is 8.07. The molecule has 294 valence electrons. The summed E-state index contributed by atoms with van der Waals surface area (Å²) >= 11 is 0. The molecule has 0 aliphatic heterocycles. The average Bonchev–Trinajstić information content (AvgIpc) is 3.69. The molecule has 2 aromatic heterocycles. The van der Waals surface area contributed by atoms with E-state index in [4.69, 9.17) is 4.98 Å². The maximum Gasteiger partial charge on any atom is 0.145 e. The van der Waals surface area contributed by atoms with Gasteiger partial charge in [-0.2, -0.15) is 0 Å². The van der Waals surface area contributed by atoms with E-state index in [1.807, 2.05) is 12.3 Å². The normalized spacial score (nSPS) is 13.0.